The van der Waals surface area contributed by atoms with Gasteiger partial charge in [0, 0.05) is 35.1 Å². The van der Waals surface area contributed by atoms with Crippen molar-refractivity contribution in [2.75, 3.05) is 6.54 Å². The van der Waals surface area contributed by atoms with Gasteiger partial charge in [-0.1, -0.05) is 35.9 Å². The van der Waals surface area contributed by atoms with E-state index in [2.05, 4.69) is 5.32 Å². The van der Waals surface area contributed by atoms with E-state index in [-0.39, 0.29) is 5.82 Å². The van der Waals surface area contributed by atoms with Crippen LogP contribution in [0.5, 0.6) is 0 Å². The maximum absolute atomic E-state index is 13.5. The van der Waals surface area contributed by atoms with E-state index in [1.165, 1.54) is 12.1 Å². The zero-order valence-corrected chi connectivity index (χ0v) is 17.3. The SMILES string of the molecule is Cc1c(CNCCc2ccc(Cl)cc2)c(C(=O)O)c(C)n1Cc1cccc(F)c1. The highest BCUT2D eigenvalue weighted by Crippen LogP contribution is 2.24. The van der Waals surface area contributed by atoms with Crippen molar-refractivity contribution < 1.29 is 14.3 Å². The molecule has 0 aliphatic carbocycles. The molecule has 0 bridgehead atoms. The molecule has 3 aromatic rings. The Kier molecular flexibility index (Phi) is 6.72. The van der Waals surface area contributed by atoms with Crippen LogP contribution >= 0.6 is 11.6 Å². The quantitative estimate of drug-likeness (QED) is 0.511. The zero-order valence-electron chi connectivity index (χ0n) is 16.5. The number of aromatic nitrogens is 1. The van der Waals surface area contributed by atoms with Gasteiger partial charge < -0.3 is 15.0 Å². The number of hydrogen-bond donors (Lipinski definition) is 2. The summed E-state index contributed by atoms with van der Waals surface area (Å²) in [5.41, 5.74) is 4.60. The summed E-state index contributed by atoms with van der Waals surface area (Å²) >= 11 is 5.91. The molecule has 0 unspecified atom stereocenters. The van der Waals surface area contributed by atoms with E-state index in [4.69, 9.17) is 11.6 Å². The molecule has 0 amide bonds. The lowest BCUT2D eigenvalue weighted by atomic mass is 10.1. The van der Waals surface area contributed by atoms with Gasteiger partial charge in [0.1, 0.15) is 5.82 Å². The van der Waals surface area contributed by atoms with E-state index < -0.39 is 5.97 Å². The molecule has 0 spiro atoms. The number of halogens is 2. The highest BCUT2D eigenvalue weighted by molar-refractivity contribution is 6.30. The van der Waals surface area contributed by atoms with Crippen molar-refractivity contribution in [2.45, 2.75) is 33.4 Å². The average Bonchev–Trinajstić information content (AvgIpc) is 2.91. The standard InChI is InChI=1S/C23H24ClFN2O2/c1-15-21(13-26-11-10-17-6-8-19(24)9-7-17)22(23(28)29)16(2)27(15)14-18-4-3-5-20(25)12-18/h3-9,12,26H,10-11,13-14H2,1-2H3,(H,28,29). The first-order valence-corrected chi connectivity index (χ1v) is 9.86. The van der Waals surface area contributed by atoms with Crippen LogP contribution in [0.1, 0.15) is 38.4 Å². The Labute approximate surface area is 174 Å². The Hall–Kier alpha value is -2.63. The van der Waals surface area contributed by atoms with E-state index in [9.17, 15) is 14.3 Å². The number of carbonyl (C=O) groups is 1. The van der Waals surface area contributed by atoms with Gasteiger partial charge >= 0.3 is 5.97 Å². The molecule has 2 N–H and O–H groups in total. The minimum Gasteiger partial charge on any atom is -0.478 e. The normalized spacial score (nSPS) is 11.0. The summed E-state index contributed by atoms with van der Waals surface area (Å²) in [6.45, 7) is 5.31. The second kappa shape index (κ2) is 9.25. The van der Waals surface area contributed by atoms with Crippen molar-refractivity contribution in [3.05, 3.63) is 93.0 Å². The van der Waals surface area contributed by atoms with Crippen LogP contribution in [0, 0.1) is 19.7 Å². The molecule has 0 radical (unpaired) electrons. The van der Waals surface area contributed by atoms with E-state index in [0.717, 1.165) is 28.8 Å². The number of carboxylic acids is 1. The Bertz CT molecular complexity index is 1010. The van der Waals surface area contributed by atoms with Crippen molar-refractivity contribution >= 4 is 17.6 Å². The molecule has 2 aromatic carbocycles. The van der Waals surface area contributed by atoms with Crippen LogP contribution in [0.3, 0.4) is 0 Å². The maximum Gasteiger partial charge on any atom is 0.337 e. The van der Waals surface area contributed by atoms with Crippen molar-refractivity contribution in [1.29, 1.82) is 0 Å². The third kappa shape index (κ3) is 5.05. The highest BCUT2D eigenvalue weighted by atomic mass is 35.5. The van der Waals surface area contributed by atoms with Crippen LogP contribution in [-0.2, 0) is 19.5 Å². The molecule has 29 heavy (non-hydrogen) atoms. The third-order valence-electron chi connectivity index (χ3n) is 5.16. The third-order valence-corrected chi connectivity index (χ3v) is 5.41. The van der Waals surface area contributed by atoms with Gasteiger partial charge in [0.05, 0.1) is 5.56 Å². The van der Waals surface area contributed by atoms with Crippen LogP contribution in [-0.4, -0.2) is 22.2 Å². The number of carboxylic acid groups (broad SMARTS) is 1. The number of hydrogen-bond acceptors (Lipinski definition) is 2. The summed E-state index contributed by atoms with van der Waals surface area (Å²) in [6, 6.07) is 14.1. The molecule has 1 heterocycles. The maximum atomic E-state index is 13.5. The highest BCUT2D eigenvalue weighted by Gasteiger charge is 2.22. The molecule has 3 rings (SSSR count). The van der Waals surface area contributed by atoms with Crippen molar-refractivity contribution in [2.24, 2.45) is 0 Å². The molecule has 0 atom stereocenters. The van der Waals surface area contributed by atoms with Crippen molar-refractivity contribution in [1.82, 2.24) is 9.88 Å². The molecule has 152 valence electrons. The molecule has 0 saturated heterocycles. The van der Waals surface area contributed by atoms with Gasteiger partial charge in [-0.05, 0) is 62.2 Å². The second-order valence-corrected chi connectivity index (χ2v) is 7.54. The lowest BCUT2D eigenvalue weighted by molar-refractivity contribution is 0.0694. The Morgan fingerprint density at radius 1 is 1.10 bits per heavy atom. The van der Waals surface area contributed by atoms with Gasteiger partial charge in [-0.3, -0.25) is 0 Å². The lowest BCUT2D eigenvalue weighted by Crippen LogP contribution is -2.18. The van der Waals surface area contributed by atoms with Gasteiger partial charge in [0.2, 0.25) is 0 Å². The monoisotopic (exact) mass is 414 g/mol. The molecular formula is C23H24ClFN2O2. The number of aromatic carboxylic acids is 1. The Morgan fingerprint density at radius 3 is 2.48 bits per heavy atom. The lowest BCUT2D eigenvalue weighted by Gasteiger charge is -2.10. The van der Waals surface area contributed by atoms with Gasteiger partial charge in [0.15, 0.2) is 0 Å². The van der Waals surface area contributed by atoms with Gasteiger partial charge in [-0.15, -0.1) is 0 Å². The Balaban J connectivity index is 1.75. The molecule has 0 saturated carbocycles. The zero-order chi connectivity index (χ0) is 21.0. The van der Waals surface area contributed by atoms with Crippen LogP contribution < -0.4 is 5.32 Å². The summed E-state index contributed by atoms with van der Waals surface area (Å²) in [6.07, 6.45) is 0.821. The summed E-state index contributed by atoms with van der Waals surface area (Å²) in [4.78, 5) is 11.9. The number of benzene rings is 2. The predicted octanol–water partition coefficient (Wildman–Crippen LogP) is 4.98. The first-order valence-electron chi connectivity index (χ1n) is 9.48. The van der Waals surface area contributed by atoms with Crippen LogP contribution in [0.25, 0.3) is 0 Å². The first kappa shape index (κ1) is 21.1. The smallest absolute Gasteiger partial charge is 0.337 e. The second-order valence-electron chi connectivity index (χ2n) is 7.10. The topological polar surface area (TPSA) is 54.3 Å². The summed E-state index contributed by atoms with van der Waals surface area (Å²) in [5, 5.41) is 13.8. The van der Waals surface area contributed by atoms with E-state index in [0.29, 0.717) is 35.9 Å². The van der Waals surface area contributed by atoms with Gasteiger partial charge in [-0.25, -0.2) is 9.18 Å². The van der Waals surface area contributed by atoms with E-state index in [1.54, 1.807) is 13.0 Å². The minimum atomic E-state index is -0.946. The molecular weight excluding hydrogens is 391 g/mol. The number of rotatable bonds is 8. The van der Waals surface area contributed by atoms with Crippen LogP contribution in [0.15, 0.2) is 48.5 Å². The van der Waals surface area contributed by atoms with E-state index >= 15 is 0 Å². The molecule has 0 fully saturated rings. The fourth-order valence-corrected chi connectivity index (χ4v) is 3.73. The number of nitrogens with zero attached hydrogens (tertiary/aromatic N) is 1. The number of nitrogens with one attached hydrogen (secondary N) is 1. The average molecular weight is 415 g/mol. The largest absolute Gasteiger partial charge is 0.478 e. The van der Waals surface area contributed by atoms with Crippen LogP contribution in [0.4, 0.5) is 4.39 Å². The molecule has 0 aliphatic rings. The van der Waals surface area contributed by atoms with Crippen molar-refractivity contribution in [3.8, 4) is 0 Å². The fourth-order valence-electron chi connectivity index (χ4n) is 3.60. The van der Waals surface area contributed by atoms with Crippen LogP contribution in [0.2, 0.25) is 5.02 Å². The first-order chi connectivity index (χ1) is 13.9. The summed E-state index contributed by atoms with van der Waals surface area (Å²) in [5.74, 6) is -1.24. The Morgan fingerprint density at radius 2 is 1.83 bits per heavy atom. The molecule has 0 aliphatic heterocycles. The molecule has 4 nitrogen and oxygen atoms in total. The predicted molar refractivity (Wildman–Crippen MR) is 113 cm³/mol. The van der Waals surface area contributed by atoms with Gasteiger partial charge in [0.25, 0.3) is 0 Å². The van der Waals surface area contributed by atoms with Crippen molar-refractivity contribution in [3.63, 3.8) is 0 Å². The fraction of sp³-hybridized carbons (Fsp3) is 0.261. The molecule has 1 aromatic heterocycles. The summed E-state index contributed by atoms with van der Waals surface area (Å²) < 4.78 is 15.5. The van der Waals surface area contributed by atoms with Gasteiger partial charge in [-0.2, -0.15) is 0 Å². The van der Waals surface area contributed by atoms with E-state index in [1.807, 2.05) is 41.8 Å². The summed E-state index contributed by atoms with van der Waals surface area (Å²) in [7, 11) is 0. The minimum absolute atomic E-state index is 0.299. The molecule has 6 heteroatoms.